The van der Waals surface area contributed by atoms with Crippen LogP contribution in [0.5, 0.6) is 0 Å². The van der Waals surface area contributed by atoms with E-state index >= 15 is 0 Å². The molecule has 0 N–H and O–H groups in total. The van der Waals surface area contributed by atoms with Gasteiger partial charge in [0.1, 0.15) is 0 Å². The van der Waals surface area contributed by atoms with Crippen LogP contribution < -0.4 is 0 Å². The quantitative estimate of drug-likeness (QED) is 0.401. The van der Waals surface area contributed by atoms with Crippen molar-refractivity contribution in [2.75, 3.05) is 46.8 Å². The van der Waals surface area contributed by atoms with Crippen LogP contribution in [0.15, 0.2) is 0 Å². The average Bonchev–Trinajstić information content (AvgIpc) is 2.61. The molecule has 2 rings (SSSR count). The van der Waals surface area contributed by atoms with E-state index in [2.05, 4.69) is 0 Å². The summed E-state index contributed by atoms with van der Waals surface area (Å²) in [7, 11) is 1.67. The van der Waals surface area contributed by atoms with E-state index in [0.29, 0.717) is 45.7 Å². The summed E-state index contributed by atoms with van der Waals surface area (Å²) >= 11 is 0. The third-order valence-electron chi connectivity index (χ3n) is 5.26. The first-order valence-corrected chi connectivity index (χ1v) is 9.72. The Labute approximate surface area is 147 Å². The number of ether oxygens (including phenoxy) is 5. The molecule has 2 aliphatic carbocycles. The van der Waals surface area contributed by atoms with Gasteiger partial charge in [0, 0.05) is 7.11 Å². The molecular formula is C19H36O5. The lowest BCUT2D eigenvalue weighted by Gasteiger charge is -2.41. The van der Waals surface area contributed by atoms with Gasteiger partial charge in [-0.1, -0.05) is 25.7 Å². The molecule has 4 atom stereocenters. The highest BCUT2D eigenvalue weighted by Gasteiger charge is 2.36. The molecule has 0 aromatic rings. The number of hydrogen-bond acceptors (Lipinski definition) is 5. The van der Waals surface area contributed by atoms with Crippen molar-refractivity contribution in [3.8, 4) is 0 Å². The van der Waals surface area contributed by atoms with Gasteiger partial charge in [-0.2, -0.15) is 0 Å². The highest BCUT2D eigenvalue weighted by molar-refractivity contribution is 4.86. The van der Waals surface area contributed by atoms with Crippen molar-refractivity contribution in [2.24, 2.45) is 11.8 Å². The van der Waals surface area contributed by atoms with E-state index in [-0.39, 0.29) is 6.29 Å². The Morgan fingerprint density at radius 2 is 1.46 bits per heavy atom. The fourth-order valence-corrected chi connectivity index (χ4v) is 4.07. The van der Waals surface area contributed by atoms with Crippen molar-refractivity contribution < 1.29 is 23.7 Å². The Morgan fingerprint density at radius 3 is 2.25 bits per heavy atom. The lowest BCUT2D eigenvalue weighted by molar-refractivity contribution is -0.192. The van der Waals surface area contributed by atoms with Crippen molar-refractivity contribution >= 4 is 0 Å². The summed E-state index contributed by atoms with van der Waals surface area (Å²) in [5.74, 6) is 1.66. The molecule has 0 bridgehead atoms. The summed E-state index contributed by atoms with van der Waals surface area (Å²) in [5.41, 5.74) is 0. The number of methoxy groups -OCH3 is 1. The van der Waals surface area contributed by atoms with Crippen molar-refractivity contribution in [2.45, 2.75) is 64.3 Å². The second-order valence-corrected chi connectivity index (χ2v) is 6.97. The van der Waals surface area contributed by atoms with E-state index in [4.69, 9.17) is 23.7 Å². The Kier molecular flexibility index (Phi) is 10.2. The molecule has 2 aliphatic rings. The molecule has 0 saturated heterocycles. The van der Waals surface area contributed by atoms with Crippen LogP contribution in [0.25, 0.3) is 0 Å². The smallest absolute Gasteiger partial charge is 0.155 e. The molecular weight excluding hydrogens is 308 g/mol. The molecule has 0 heterocycles. The Morgan fingerprint density at radius 1 is 0.792 bits per heavy atom. The van der Waals surface area contributed by atoms with Gasteiger partial charge in [-0.25, -0.2) is 0 Å². The second kappa shape index (κ2) is 12.2. The van der Waals surface area contributed by atoms with E-state index in [1.807, 2.05) is 6.92 Å². The summed E-state index contributed by atoms with van der Waals surface area (Å²) in [5, 5.41) is 0. The number of fused-ring (bicyclic) bond motifs is 1. The zero-order chi connectivity index (χ0) is 17.0. The molecule has 5 heteroatoms. The second-order valence-electron chi connectivity index (χ2n) is 6.97. The van der Waals surface area contributed by atoms with E-state index in [1.54, 1.807) is 7.11 Å². The molecule has 142 valence electrons. The van der Waals surface area contributed by atoms with Crippen LogP contribution in [0, 0.1) is 11.8 Å². The maximum absolute atomic E-state index is 6.22. The van der Waals surface area contributed by atoms with Crippen LogP contribution in [0.1, 0.15) is 51.9 Å². The van der Waals surface area contributed by atoms with Crippen LogP contribution in [-0.4, -0.2) is 59.1 Å². The number of hydrogen-bond donors (Lipinski definition) is 0. The predicted molar refractivity (Wildman–Crippen MR) is 93.1 cm³/mol. The van der Waals surface area contributed by atoms with Gasteiger partial charge in [-0.15, -0.1) is 0 Å². The molecule has 5 nitrogen and oxygen atoms in total. The fraction of sp³-hybridized carbons (Fsp3) is 1.00. The standard InChI is InChI=1S/C19H36O5/c1-16(23-15-14-22-13-12-21-11-10-20-2)24-19-9-5-7-17-6-3-4-8-18(17)19/h16-19H,3-15H2,1-2H3. The maximum Gasteiger partial charge on any atom is 0.155 e. The molecule has 0 amide bonds. The largest absolute Gasteiger partial charge is 0.382 e. The average molecular weight is 344 g/mol. The molecule has 4 unspecified atom stereocenters. The fourth-order valence-electron chi connectivity index (χ4n) is 4.07. The van der Waals surface area contributed by atoms with Crippen LogP contribution in [-0.2, 0) is 23.7 Å². The normalized spacial score (nSPS) is 28.5. The summed E-state index contributed by atoms with van der Waals surface area (Å²) in [6.45, 7) is 5.60. The first kappa shape index (κ1) is 20.1. The SMILES string of the molecule is COCCOCCOCCOC(C)OC1CCCC2CCCCC21. The zero-order valence-electron chi connectivity index (χ0n) is 15.5. The topological polar surface area (TPSA) is 46.2 Å². The van der Waals surface area contributed by atoms with Gasteiger partial charge in [0.05, 0.1) is 45.7 Å². The van der Waals surface area contributed by atoms with E-state index in [0.717, 1.165) is 11.8 Å². The summed E-state index contributed by atoms with van der Waals surface area (Å²) < 4.78 is 27.7. The van der Waals surface area contributed by atoms with Gasteiger partial charge in [-0.05, 0) is 38.0 Å². The van der Waals surface area contributed by atoms with Crippen LogP contribution in [0.2, 0.25) is 0 Å². The van der Waals surface area contributed by atoms with Crippen LogP contribution in [0.3, 0.4) is 0 Å². The summed E-state index contributed by atoms with van der Waals surface area (Å²) in [4.78, 5) is 0. The van der Waals surface area contributed by atoms with Crippen LogP contribution in [0.4, 0.5) is 0 Å². The third-order valence-corrected chi connectivity index (χ3v) is 5.26. The van der Waals surface area contributed by atoms with Gasteiger partial charge in [0.15, 0.2) is 6.29 Å². The minimum atomic E-state index is -0.141. The van der Waals surface area contributed by atoms with Gasteiger partial charge in [-0.3, -0.25) is 0 Å². The number of rotatable bonds is 12. The molecule has 0 spiro atoms. The maximum atomic E-state index is 6.22. The molecule has 2 fully saturated rings. The zero-order valence-corrected chi connectivity index (χ0v) is 15.5. The lowest BCUT2D eigenvalue weighted by Crippen LogP contribution is -2.38. The molecule has 2 saturated carbocycles. The molecule has 0 aliphatic heterocycles. The predicted octanol–water partition coefficient (Wildman–Crippen LogP) is 3.40. The first-order valence-electron chi connectivity index (χ1n) is 9.72. The van der Waals surface area contributed by atoms with Crippen LogP contribution >= 0.6 is 0 Å². The van der Waals surface area contributed by atoms with Gasteiger partial charge < -0.3 is 23.7 Å². The molecule has 24 heavy (non-hydrogen) atoms. The van der Waals surface area contributed by atoms with E-state index < -0.39 is 0 Å². The van der Waals surface area contributed by atoms with Crippen molar-refractivity contribution in [1.29, 1.82) is 0 Å². The van der Waals surface area contributed by atoms with Crippen molar-refractivity contribution in [1.82, 2.24) is 0 Å². The molecule has 0 aromatic heterocycles. The Balaban J connectivity index is 1.49. The summed E-state index contributed by atoms with van der Waals surface area (Å²) in [6.07, 6.45) is 9.69. The minimum absolute atomic E-state index is 0.141. The van der Waals surface area contributed by atoms with E-state index in [9.17, 15) is 0 Å². The summed E-state index contributed by atoms with van der Waals surface area (Å²) in [6, 6.07) is 0. The third kappa shape index (κ3) is 7.36. The minimum Gasteiger partial charge on any atom is -0.382 e. The molecule has 0 aromatic carbocycles. The van der Waals surface area contributed by atoms with Crippen molar-refractivity contribution in [3.05, 3.63) is 0 Å². The van der Waals surface area contributed by atoms with E-state index in [1.165, 1.54) is 44.9 Å². The molecule has 0 radical (unpaired) electrons. The van der Waals surface area contributed by atoms with Gasteiger partial charge in [0.25, 0.3) is 0 Å². The van der Waals surface area contributed by atoms with Crippen molar-refractivity contribution in [3.63, 3.8) is 0 Å². The highest BCUT2D eigenvalue weighted by Crippen LogP contribution is 2.42. The first-order chi connectivity index (χ1) is 11.8. The Hall–Kier alpha value is -0.200. The lowest BCUT2D eigenvalue weighted by atomic mass is 9.69. The van der Waals surface area contributed by atoms with Gasteiger partial charge in [0.2, 0.25) is 0 Å². The monoisotopic (exact) mass is 344 g/mol. The Bertz CT molecular complexity index is 310. The highest BCUT2D eigenvalue weighted by atomic mass is 16.7. The van der Waals surface area contributed by atoms with Gasteiger partial charge >= 0.3 is 0 Å².